The van der Waals surface area contributed by atoms with Gasteiger partial charge in [0.05, 0.1) is 6.61 Å². The highest BCUT2D eigenvalue weighted by atomic mass is 16.7. The van der Waals surface area contributed by atoms with E-state index in [2.05, 4.69) is 0 Å². The number of hydroxylamine groups is 2. The van der Waals surface area contributed by atoms with Crippen molar-refractivity contribution in [2.45, 2.75) is 25.8 Å². The Balaban J connectivity index is 2.21. The van der Waals surface area contributed by atoms with Gasteiger partial charge in [-0.3, -0.25) is 4.84 Å². The van der Waals surface area contributed by atoms with E-state index >= 15 is 0 Å². The molecular weight excluding hydrogens is 142 g/mol. The van der Waals surface area contributed by atoms with Gasteiger partial charge in [-0.15, -0.1) is 0 Å². The lowest BCUT2D eigenvalue weighted by Crippen LogP contribution is -2.36. The van der Waals surface area contributed by atoms with E-state index in [-0.39, 0.29) is 0 Å². The van der Waals surface area contributed by atoms with Gasteiger partial charge in [-0.05, 0) is 19.8 Å². The number of rotatable bonds is 3. The molecule has 0 spiro atoms. The molecule has 0 saturated carbocycles. The molecule has 1 aliphatic rings. The molecule has 3 heteroatoms. The summed E-state index contributed by atoms with van der Waals surface area (Å²) in [6, 6.07) is 0.559. The third-order valence-electron chi connectivity index (χ3n) is 2.04. The topological polar surface area (TPSA) is 21.7 Å². The fourth-order valence-electron chi connectivity index (χ4n) is 1.36. The molecule has 0 bridgehead atoms. The van der Waals surface area contributed by atoms with E-state index in [0.29, 0.717) is 6.04 Å². The van der Waals surface area contributed by atoms with E-state index < -0.39 is 0 Å². The second-order valence-corrected chi connectivity index (χ2v) is 2.81. The fraction of sp³-hybridized carbons (Fsp3) is 1.00. The van der Waals surface area contributed by atoms with Gasteiger partial charge in [0.15, 0.2) is 0 Å². The van der Waals surface area contributed by atoms with Crippen molar-refractivity contribution < 1.29 is 9.57 Å². The van der Waals surface area contributed by atoms with Crippen molar-refractivity contribution in [3.05, 3.63) is 0 Å². The van der Waals surface area contributed by atoms with Crippen molar-refractivity contribution in [3.63, 3.8) is 0 Å². The second-order valence-electron chi connectivity index (χ2n) is 2.81. The van der Waals surface area contributed by atoms with Crippen molar-refractivity contribution in [2.75, 3.05) is 26.9 Å². The monoisotopic (exact) mass is 159 g/mol. The van der Waals surface area contributed by atoms with Crippen LogP contribution < -0.4 is 0 Å². The first-order valence-corrected chi connectivity index (χ1v) is 4.28. The van der Waals surface area contributed by atoms with E-state index in [0.717, 1.165) is 32.7 Å². The smallest absolute Gasteiger partial charge is 0.0656 e. The fourth-order valence-corrected chi connectivity index (χ4v) is 1.36. The van der Waals surface area contributed by atoms with Crippen molar-refractivity contribution in [1.29, 1.82) is 0 Å². The van der Waals surface area contributed by atoms with Gasteiger partial charge >= 0.3 is 0 Å². The summed E-state index contributed by atoms with van der Waals surface area (Å²) in [6.07, 6.45) is 2.19. The Morgan fingerprint density at radius 2 is 2.09 bits per heavy atom. The maximum Gasteiger partial charge on any atom is 0.0656 e. The van der Waals surface area contributed by atoms with Crippen LogP contribution in [0.1, 0.15) is 19.8 Å². The van der Waals surface area contributed by atoms with Gasteiger partial charge in [0.1, 0.15) is 0 Å². The van der Waals surface area contributed by atoms with E-state index in [1.165, 1.54) is 0 Å². The van der Waals surface area contributed by atoms with Gasteiger partial charge in [-0.2, -0.15) is 5.06 Å². The molecule has 0 aliphatic carbocycles. The summed E-state index contributed by atoms with van der Waals surface area (Å²) in [7, 11) is 2.00. The van der Waals surface area contributed by atoms with Crippen LogP contribution in [0, 0.1) is 0 Å². The van der Waals surface area contributed by atoms with Crippen molar-refractivity contribution >= 4 is 0 Å². The number of hydrogen-bond donors (Lipinski definition) is 0. The molecule has 0 aromatic heterocycles. The second kappa shape index (κ2) is 4.70. The van der Waals surface area contributed by atoms with Gasteiger partial charge < -0.3 is 4.74 Å². The van der Waals surface area contributed by atoms with Gasteiger partial charge in [-0.25, -0.2) is 0 Å². The quantitative estimate of drug-likeness (QED) is 0.574. The standard InChI is InChI=1S/C8H17NO2/c1-3-11-9(2)8-4-6-10-7-5-8/h8H,3-7H2,1-2H3. The summed E-state index contributed by atoms with van der Waals surface area (Å²) in [4.78, 5) is 5.36. The molecule has 1 rings (SSSR count). The molecule has 1 fully saturated rings. The summed E-state index contributed by atoms with van der Waals surface area (Å²) in [6.45, 7) is 4.52. The van der Waals surface area contributed by atoms with E-state index in [1.807, 2.05) is 19.0 Å². The minimum absolute atomic E-state index is 0.559. The Bertz CT molecular complexity index is 102. The summed E-state index contributed by atoms with van der Waals surface area (Å²) >= 11 is 0. The van der Waals surface area contributed by atoms with Crippen LogP contribution in [0.25, 0.3) is 0 Å². The average molecular weight is 159 g/mol. The number of ether oxygens (including phenoxy) is 1. The first-order valence-electron chi connectivity index (χ1n) is 4.28. The molecule has 3 nitrogen and oxygen atoms in total. The molecule has 0 N–H and O–H groups in total. The molecule has 0 aromatic carbocycles. The lowest BCUT2D eigenvalue weighted by Gasteiger charge is -2.29. The molecule has 0 aromatic rings. The molecule has 0 unspecified atom stereocenters. The largest absolute Gasteiger partial charge is 0.381 e. The van der Waals surface area contributed by atoms with Gasteiger partial charge in [0, 0.05) is 26.3 Å². The maximum absolute atomic E-state index is 5.36. The highest BCUT2D eigenvalue weighted by molar-refractivity contribution is 4.66. The highest BCUT2D eigenvalue weighted by Crippen LogP contribution is 2.12. The van der Waals surface area contributed by atoms with E-state index in [1.54, 1.807) is 0 Å². The van der Waals surface area contributed by atoms with Crippen LogP contribution in [0.2, 0.25) is 0 Å². The normalized spacial score (nSPS) is 21.0. The predicted octanol–water partition coefficient (Wildman–Crippen LogP) is 1.05. The predicted molar refractivity (Wildman–Crippen MR) is 43.2 cm³/mol. The van der Waals surface area contributed by atoms with Crippen LogP contribution in [0.4, 0.5) is 0 Å². The lowest BCUT2D eigenvalue weighted by atomic mass is 10.1. The lowest BCUT2D eigenvalue weighted by molar-refractivity contribution is -0.178. The molecule has 0 atom stereocenters. The number of hydrogen-bond acceptors (Lipinski definition) is 3. The van der Waals surface area contributed by atoms with Gasteiger partial charge in [-0.1, -0.05) is 0 Å². The zero-order valence-corrected chi connectivity index (χ0v) is 7.38. The van der Waals surface area contributed by atoms with Crippen LogP contribution in [-0.2, 0) is 9.57 Å². The molecule has 1 saturated heterocycles. The van der Waals surface area contributed by atoms with Crippen molar-refractivity contribution in [1.82, 2.24) is 5.06 Å². The zero-order chi connectivity index (χ0) is 8.10. The minimum atomic E-state index is 0.559. The van der Waals surface area contributed by atoms with Gasteiger partial charge in [0.2, 0.25) is 0 Å². The first-order chi connectivity index (χ1) is 5.34. The van der Waals surface area contributed by atoms with Crippen LogP contribution in [0.3, 0.4) is 0 Å². The van der Waals surface area contributed by atoms with Crippen LogP contribution in [0.15, 0.2) is 0 Å². The molecule has 1 heterocycles. The number of nitrogens with zero attached hydrogens (tertiary/aromatic N) is 1. The third-order valence-corrected chi connectivity index (χ3v) is 2.04. The van der Waals surface area contributed by atoms with Crippen LogP contribution in [-0.4, -0.2) is 38.0 Å². The summed E-state index contributed by atoms with van der Waals surface area (Å²) in [5.74, 6) is 0. The molecular formula is C8H17NO2. The average Bonchev–Trinajstić information content (AvgIpc) is 2.07. The summed E-state index contributed by atoms with van der Waals surface area (Å²) < 4.78 is 5.25. The maximum atomic E-state index is 5.36. The summed E-state index contributed by atoms with van der Waals surface area (Å²) in [5.41, 5.74) is 0. The first kappa shape index (κ1) is 8.97. The van der Waals surface area contributed by atoms with Gasteiger partial charge in [0.25, 0.3) is 0 Å². The van der Waals surface area contributed by atoms with Crippen molar-refractivity contribution in [2.24, 2.45) is 0 Å². The van der Waals surface area contributed by atoms with E-state index in [9.17, 15) is 0 Å². The van der Waals surface area contributed by atoms with Crippen LogP contribution >= 0.6 is 0 Å². The molecule has 0 amide bonds. The Morgan fingerprint density at radius 3 is 2.64 bits per heavy atom. The van der Waals surface area contributed by atoms with E-state index in [4.69, 9.17) is 9.57 Å². The highest BCUT2D eigenvalue weighted by Gasteiger charge is 2.18. The molecule has 1 aliphatic heterocycles. The van der Waals surface area contributed by atoms with Crippen LogP contribution in [0.5, 0.6) is 0 Å². The Hall–Kier alpha value is -0.120. The Labute approximate surface area is 68.2 Å². The molecule has 66 valence electrons. The molecule has 0 radical (unpaired) electrons. The Morgan fingerprint density at radius 1 is 1.45 bits per heavy atom. The van der Waals surface area contributed by atoms with Crippen molar-refractivity contribution in [3.8, 4) is 0 Å². The summed E-state index contributed by atoms with van der Waals surface area (Å²) in [5, 5.41) is 1.96. The SMILES string of the molecule is CCON(C)C1CCOCC1. The molecule has 11 heavy (non-hydrogen) atoms. The Kier molecular flexibility index (Phi) is 3.83. The zero-order valence-electron chi connectivity index (χ0n) is 7.38. The third kappa shape index (κ3) is 2.77. The minimum Gasteiger partial charge on any atom is -0.381 e.